The van der Waals surface area contributed by atoms with Gasteiger partial charge in [0.15, 0.2) is 0 Å². The molecule has 0 saturated heterocycles. The van der Waals surface area contributed by atoms with Gasteiger partial charge in [-0.3, -0.25) is 4.79 Å². The first-order valence-corrected chi connectivity index (χ1v) is 7.93. The van der Waals surface area contributed by atoms with Gasteiger partial charge in [-0.05, 0) is 60.5 Å². The average Bonchev–Trinajstić information content (AvgIpc) is 2.63. The summed E-state index contributed by atoms with van der Waals surface area (Å²) in [6.07, 6.45) is 3.75. The van der Waals surface area contributed by atoms with E-state index >= 15 is 0 Å². The van der Waals surface area contributed by atoms with E-state index in [1.807, 2.05) is 24.3 Å². The number of hydrazone groups is 1. The molecule has 2 aromatic rings. The highest BCUT2D eigenvalue weighted by Gasteiger charge is 2.03. The molecular weight excluding hydrogens is 304 g/mol. The number of hydrogen-bond donors (Lipinski definition) is 1. The molecule has 2 aromatic carbocycles. The highest BCUT2D eigenvalue weighted by atomic mass is 16.5. The SMILES string of the molecule is CCCCOc1ccc(/C=N\NC(=O)c2ccc(OC)cc2)cc1. The second kappa shape index (κ2) is 9.35. The molecule has 0 aliphatic rings. The third-order valence-electron chi connectivity index (χ3n) is 3.38. The van der Waals surface area contributed by atoms with Gasteiger partial charge in [-0.1, -0.05) is 13.3 Å². The summed E-state index contributed by atoms with van der Waals surface area (Å²) in [6.45, 7) is 2.85. The van der Waals surface area contributed by atoms with E-state index in [-0.39, 0.29) is 5.91 Å². The third-order valence-corrected chi connectivity index (χ3v) is 3.38. The van der Waals surface area contributed by atoms with E-state index in [2.05, 4.69) is 17.5 Å². The molecular formula is C19H22N2O3. The molecule has 5 heteroatoms. The maximum atomic E-state index is 11.9. The van der Waals surface area contributed by atoms with Crippen molar-refractivity contribution in [2.45, 2.75) is 19.8 Å². The Kier molecular flexibility index (Phi) is 6.83. The van der Waals surface area contributed by atoms with Gasteiger partial charge in [-0.15, -0.1) is 0 Å². The van der Waals surface area contributed by atoms with Crippen LogP contribution in [0.5, 0.6) is 11.5 Å². The minimum atomic E-state index is -0.270. The second-order valence-electron chi connectivity index (χ2n) is 5.20. The van der Waals surface area contributed by atoms with Gasteiger partial charge in [0.2, 0.25) is 0 Å². The van der Waals surface area contributed by atoms with Crippen molar-refractivity contribution in [3.63, 3.8) is 0 Å². The zero-order valence-electron chi connectivity index (χ0n) is 14.0. The quantitative estimate of drug-likeness (QED) is 0.458. The first kappa shape index (κ1) is 17.5. The van der Waals surface area contributed by atoms with Crippen molar-refractivity contribution in [3.05, 3.63) is 59.7 Å². The highest BCUT2D eigenvalue weighted by Crippen LogP contribution is 2.12. The van der Waals surface area contributed by atoms with E-state index in [9.17, 15) is 4.79 Å². The van der Waals surface area contributed by atoms with Gasteiger partial charge >= 0.3 is 0 Å². The minimum Gasteiger partial charge on any atom is -0.497 e. The molecule has 0 bridgehead atoms. The van der Waals surface area contributed by atoms with Crippen LogP contribution in [0, 0.1) is 0 Å². The molecule has 0 aliphatic heterocycles. The lowest BCUT2D eigenvalue weighted by Gasteiger charge is -2.05. The van der Waals surface area contributed by atoms with Crippen LogP contribution in [-0.2, 0) is 0 Å². The molecule has 1 N–H and O–H groups in total. The van der Waals surface area contributed by atoms with Crippen molar-refractivity contribution in [2.75, 3.05) is 13.7 Å². The fourth-order valence-electron chi connectivity index (χ4n) is 1.96. The van der Waals surface area contributed by atoms with E-state index in [0.29, 0.717) is 11.3 Å². The minimum absolute atomic E-state index is 0.270. The molecule has 0 unspecified atom stereocenters. The number of methoxy groups -OCH3 is 1. The maximum absolute atomic E-state index is 11.9. The van der Waals surface area contributed by atoms with E-state index in [1.165, 1.54) is 0 Å². The van der Waals surface area contributed by atoms with E-state index in [1.54, 1.807) is 37.6 Å². The summed E-state index contributed by atoms with van der Waals surface area (Å²) in [5.74, 6) is 1.27. The molecule has 0 saturated carbocycles. The number of ether oxygens (including phenoxy) is 2. The summed E-state index contributed by atoms with van der Waals surface area (Å²) in [6, 6.07) is 14.4. The van der Waals surface area contributed by atoms with Crippen LogP contribution in [0.2, 0.25) is 0 Å². The number of rotatable bonds is 8. The van der Waals surface area contributed by atoms with Crippen LogP contribution in [0.4, 0.5) is 0 Å². The number of amides is 1. The second-order valence-corrected chi connectivity index (χ2v) is 5.20. The lowest BCUT2D eigenvalue weighted by molar-refractivity contribution is 0.0955. The van der Waals surface area contributed by atoms with Crippen molar-refractivity contribution >= 4 is 12.1 Å². The molecule has 24 heavy (non-hydrogen) atoms. The Morgan fingerprint density at radius 1 is 1.08 bits per heavy atom. The van der Waals surface area contributed by atoms with Crippen LogP contribution in [0.1, 0.15) is 35.7 Å². The van der Waals surface area contributed by atoms with Crippen molar-refractivity contribution < 1.29 is 14.3 Å². The van der Waals surface area contributed by atoms with E-state index < -0.39 is 0 Å². The number of nitrogens with zero attached hydrogens (tertiary/aromatic N) is 1. The molecule has 126 valence electrons. The number of hydrogen-bond acceptors (Lipinski definition) is 4. The predicted octanol–water partition coefficient (Wildman–Crippen LogP) is 3.64. The van der Waals surface area contributed by atoms with Gasteiger partial charge in [-0.2, -0.15) is 5.10 Å². The standard InChI is InChI=1S/C19H22N2O3/c1-3-4-13-24-18-9-5-15(6-10-18)14-20-21-19(22)16-7-11-17(23-2)12-8-16/h5-12,14H,3-4,13H2,1-2H3,(H,21,22)/b20-14-. The van der Waals surface area contributed by atoms with E-state index in [0.717, 1.165) is 30.8 Å². The molecule has 1 amide bonds. The lowest BCUT2D eigenvalue weighted by atomic mass is 10.2. The summed E-state index contributed by atoms with van der Waals surface area (Å²) in [5.41, 5.74) is 3.90. The molecule has 0 fully saturated rings. The number of carbonyl (C=O) groups is 1. The molecule has 0 heterocycles. The number of carbonyl (C=O) groups excluding carboxylic acids is 1. The Labute approximate surface area is 142 Å². The van der Waals surface area contributed by atoms with Crippen molar-refractivity contribution in [1.82, 2.24) is 5.43 Å². The summed E-state index contributed by atoms with van der Waals surface area (Å²) < 4.78 is 10.7. The summed E-state index contributed by atoms with van der Waals surface area (Å²) in [7, 11) is 1.58. The van der Waals surface area contributed by atoms with E-state index in [4.69, 9.17) is 9.47 Å². The average molecular weight is 326 g/mol. The van der Waals surface area contributed by atoms with Gasteiger partial charge in [0.25, 0.3) is 5.91 Å². The number of benzene rings is 2. The molecule has 5 nitrogen and oxygen atoms in total. The highest BCUT2D eigenvalue weighted by molar-refractivity contribution is 5.95. The molecule has 2 rings (SSSR count). The monoisotopic (exact) mass is 326 g/mol. The van der Waals surface area contributed by atoms with Crippen LogP contribution >= 0.6 is 0 Å². The van der Waals surface area contributed by atoms with Crippen molar-refractivity contribution in [2.24, 2.45) is 5.10 Å². The Balaban J connectivity index is 1.85. The normalized spacial score (nSPS) is 10.6. The summed E-state index contributed by atoms with van der Waals surface area (Å²) in [4.78, 5) is 11.9. The first-order chi connectivity index (χ1) is 11.7. The first-order valence-electron chi connectivity index (χ1n) is 7.93. The van der Waals surface area contributed by atoms with Gasteiger partial charge in [0, 0.05) is 5.56 Å². The largest absolute Gasteiger partial charge is 0.497 e. The lowest BCUT2D eigenvalue weighted by Crippen LogP contribution is -2.17. The zero-order valence-corrected chi connectivity index (χ0v) is 14.0. The fraction of sp³-hybridized carbons (Fsp3) is 0.263. The molecule has 0 aromatic heterocycles. The van der Waals surface area contributed by atoms with Gasteiger partial charge in [0.1, 0.15) is 11.5 Å². The number of nitrogens with one attached hydrogen (secondary N) is 1. The fourth-order valence-corrected chi connectivity index (χ4v) is 1.96. The topological polar surface area (TPSA) is 59.9 Å². The van der Waals surface area contributed by atoms with Gasteiger partial charge in [-0.25, -0.2) is 5.43 Å². The number of unbranched alkanes of at least 4 members (excludes halogenated alkanes) is 1. The molecule has 0 spiro atoms. The molecule has 0 radical (unpaired) electrons. The molecule has 0 aliphatic carbocycles. The predicted molar refractivity (Wildman–Crippen MR) is 94.9 cm³/mol. The Hall–Kier alpha value is -2.82. The van der Waals surface area contributed by atoms with Crippen molar-refractivity contribution in [3.8, 4) is 11.5 Å². The summed E-state index contributed by atoms with van der Waals surface area (Å²) >= 11 is 0. The maximum Gasteiger partial charge on any atom is 0.271 e. The Morgan fingerprint density at radius 3 is 2.38 bits per heavy atom. The third kappa shape index (κ3) is 5.43. The van der Waals surface area contributed by atoms with Crippen LogP contribution in [0.3, 0.4) is 0 Å². The van der Waals surface area contributed by atoms with Crippen LogP contribution in [0.15, 0.2) is 53.6 Å². The summed E-state index contributed by atoms with van der Waals surface area (Å²) in [5, 5.41) is 3.97. The van der Waals surface area contributed by atoms with Gasteiger partial charge < -0.3 is 9.47 Å². The zero-order chi connectivity index (χ0) is 17.2. The van der Waals surface area contributed by atoms with Crippen LogP contribution < -0.4 is 14.9 Å². The van der Waals surface area contributed by atoms with Gasteiger partial charge in [0.05, 0.1) is 19.9 Å². The smallest absolute Gasteiger partial charge is 0.271 e. The Morgan fingerprint density at radius 2 is 1.75 bits per heavy atom. The Bertz CT molecular complexity index is 664. The van der Waals surface area contributed by atoms with Crippen molar-refractivity contribution in [1.29, 1.82) is 0 Å². The van der Waals surface area contributed by atoms with Crippen LogP contribution in [-0.4, -0.2) is 25.8 Å². The molecule has 0 atom stereocenters. The van der Waals surface area contributed by atoms with Crippen LogP contribution in [0.25, 0.3) is 0 Å².